The van der Waals surface area contributed by atoms with Gasteiger partial charge < -0.3 is 19.7 Å². The van der Waals surface area contributed by atoms with Crippen molar-refractivity contribution in [2.75, 3.05) is 31.0 Å². The van der Waals surface area contributed by atoms with E-state index in [4.69, 9.17) is 21.1 Å². The van der Waals surface area contributed by atoms with Crippen LogP contribution in [0, 0.1) is 6.92 Å². The van der Waals surface area contributed by atoms with Gasteiger partial charge in [0.05, 0.1) is 19.9 Å². The van der Waals surface area contributed by atoms with Crippen molar-refractivity contribution < 1.29 is 19.1 Å². The van der Waals surface area contributed by atoms with E-state index in [0.29, 0.717) is 27.9 Å². The van der Waals surface area contributed by atoms with Crippen molar-refractivity contribution in [3.05, 3.63) is 47.0 Å². The first-order chi connectivity index (χ1) is 12.9. The van der Waals surface area contributed by atoms with E-state index in [-0.39, 0.29) is 24.8 Å². The summed E-state index contributed by atoms with van der Waals surface area (Å²) >= 11 is 6.15. The lowest BCUT2D eigenvalue weighted by Crippen LogP contribution is -2.32. The number of halogens is 1. The van der Waals surface area contributed by atoms with E-state index in [0.717, 1.165) is 5.56 Å². The fourth-order valence-electron chi connectivity index (χ4n) is 2.67. The number of methoxy groups -OCH3 is 2. The molecule has 2 aromatic carbocycles. The molecule has 144 valence electrons. The van der Waals surface area contributed by atoms with E-state index in [2.05, 4.69) is 5.32 Å². The average Bonchev–Trinajstić information content (AvgIpc) is 2.64. The van der Waals surface area contributed by atoms with Crippen molar-refractivity contribution in [2.45, 2.75) is 20.3 Å². The second-order valence-electron chi connectivity index (χ2n) is 5.92. The molecule has 1 N–H and O–H groups in total. The van der Waals surface area contributed by atoms with Crippen molar-refractivity contribution in [1.82, 2.24) is 0 Å². The maximum Gasteiger partial charge on any atom is 0.226 e. The first-order valence-corrected chi connectivity index (χ1v) is 8.80. The first-order valence-electron chi connectivity index (χ1n) is 8.42. The number of carbonyl (C=O) groups is 2. The third-order valence-electron chi connectivity index (χ3n) is 4.15. The van der Waals surface area contributed by atoms with Crippen molar-refractivity contribution in [3.63, 3.8) is 0 Å². The summed E-state index contributed by atoms with van der Waals surface area (Å²) in [5.41, 5.74) is 2.00. The maximum atomic E-state index is 12.4. The van der Waals surface area contributed by atoms with Crippen LogP contribution in [0.1, 0.15) is 18.9 Å². The van der Waals surface area contributed by atoms with Gasteiger partial charge in [-0.05, 0) is 36.8 Å². The van der Waals surface area contributed by atoms with Gasteiger partial charge in [0.25, 0.3) is 0 Å². The molecule has 0 heterocycles. The molecule has 2 amide bonds. The quantitative estimate of drug-likeness (QED) is 0.774. The van der Waals surface area contributed by atoms with Gasteiger partial charge in [-0.1, -0.05) is 17.7 Å². The van der Waals surface area contributed by atoms with Crippen LogP contribution in [0.5, 0.6) is 11.5 Å². The summed E-state index contributed by atoms with van der Waals surface area (Å²) < 4.78 is 10.4. The lowest BCUT2D eigenvalue weighted by Gasteiger charge is -2.23. The van der Waals surface area contributed by atoms with Crippen molar-refractivity contribution in [1.29, 1.82) is 0 Å². The molecular weight excluding hydrogens is 368 g/mol. The Hall–Kier alpha value is -2.73. The predicted octanol–water partition coefficient (Wildman–Crippen LogP) is 4.05. The highest BCUT2D eigenvalue weighted by atomic mass is 35.5. The highest BCUT2D eigenvalue weighted by molar-refractivity contribution is 6.31. The number of rotatable bonds is 7. The molecule has 0 unspecified atom stereocenters. The summed E-state index contributed by atoms with van der Waals surface area (Å²) in [5, 5.41) is 3.37. The Morgan fingerprint density at radius 1 is 1.15 bits per heavy atom. The summed E-state index contributed by atoms with van der Waals surface area (Å²) in [7, 11) is 3.07. The fourth-order valence-corrected chi connectivity index (χ4v) is 2.84. The van der Waals surface area contributed by atoms with Gasteiger partial charge in [-0.15, -0.1) is 0 Å². The monoisotopic (exact) mass is 390 g/mol. The maximum absolute atomic E-state index is 12.4. The largest absolute Gasteiger partial charge is 0.497 e. The second kappa shape index (κ2) is 9.28. The average molecular weight is 391 g/mol. The Morgan fingerprint density at radius 2 is 1.89 bits per heavy atom. The second-order valence-corrected chi connectivity index (χ2v) is 6.33. The van der Waals surface area contributed by atoms with Gasteiger partial charge in [0.2, 0.25) is 11.8 Å². The van der Waals surface area contributed by atoms with Gasteiger partial charge in [-0.25, -0.2) is 0 Å². The molecule has 0 spiro atoms. The molecular formula is C20H23ClN2O4. The van der Waals surface area contributed by atoms with Crippen LogP contribution in [0.15, 0.2) is 36.4 Å². The number of nitrogens with one attached hydrogen (secondary N) is 1. The van der Waals surface area contributed by atoms with Crippen LogP contribution in [-0.2, 0) is 9.59 Å². The molecule has 0 aliphatic carbocycles. The van der Waals surface area contributed by atoms with E-state index in [9.17, 15) is 9.59 Å². The zero-order valence-electron chi connectivity index (χ0n) is 15.8. The van der Waals surface area contributed by atoms with E-state index in [1.54, 1.807) is 42.3 Å². The van der Waals surface area contributed by atoms with E-state index in [1.165, 1.54) is 14.0 Å². The van der Waals surface area contributed by atoms with Gasteiger partial charge in [-0.3, -0.25) is 9.59 Å². The molecule has 0 fully saturated rings. The Kier molecular flexibility index (Phi) is 7.07. The molecule has 0 atom stereocenters. The summed E-state index contributed by atoms with van der Waals surface area (Å²) in [5.74, 6) is 0.726. The van der Waals surface area contributed by atoms with Crippen LogP contribution in [0.3, 0.4) is 0 Å². The molecule has 7 heteroatoms. The number of hydrogen-bond acceptors (Lipinski definition) is 4. The fraction of sp³-hybridized carbons (Fsp3) is 0.300. The van der Waals surface area contributed by atoms with Crippen molar-refractivity contribution >= 4 is 34.8 Å². The topological polar surface area (TPSA) is 67.9 Å². The molecule has 6 nitrogen and oxygen atoms in total. The van der Waals surface area contributed by atoms with Crippen LogP contribution < -0.4 is 19.7 Å². The first kappa shape index (κ1) is 20.6. The number of nitrogens with zero attached hydrogens (tertiary/aromatic N) is 1. The van der Waals surface area contributed by atoms with Gasteiger partial charge in [-0.2, -0.15) is 0 Å². The minimum absolute atomic E-state index is 0.117. The van der Waals surface area contributed by atoms with Crippen molar-refractivity contribution in [2.24, 2.45) is 0 Å². The minimum atomic E-state index is -0.243. The summed E-state index contributed by atoms with van der Waals surface area (Å²) in [6, 6.07) is 10.5. The molecule has 0 aliphatic rings. The summed E-state index contributed by atoms with van der Waals surface area (Å²) in [4.78, 5) is 26.0. The van der Waals surface area contributed by atoms with Crippen LogP contribution in [-0.4, -0.2) is 32.6 Å². The van der Waals surface area contributed by atoms with Crippen LogP contribution in [0.4, 0.5) is 11.4 Å². The minimum Gasteiger partial charge on any atom is -0.497 e. The molecule has 2 aromatic rings. The standard InChI is InChI=1S/C20H23ClN2O4/c1-13-16(21)6-5-7-18(13)23(14(2)24)11-10-20(25)22-17-12-15(26-3)8-9-19(17)27-4/h5-9,12H,10-11H2,1-4H3,(H,22,25). The zero-order chi connectivity index (χ0) is 20.0. The molecule has 0 aromatic heterocycles. The number of amides is 2. The molecule has 0 saturated heterocycles. The van der Waals surface area contributed by atoms with Gasteiger partial charge in [0.1, 0.15) is 11.5 Å². The Morgan fingerprint density at radius 3 is 2.52 bits per heavy atom. The number of hydrogen-bond donors (Lipinski definition) is 1. The predicted molar refractivity (Wildman–Crippen MR) is 107 cm³/mol. The van der Waals surface area contributed by atoms with Gasteiger partial charge >= 0.3 is 0 Å². The highest BCUT2D eigenvalue weighted by Gasteiger charge is 2.17. The summed E-state index contributed by atoms with van der Waals surface area (Å²) in [6.45, 7) is 3.53. The zero-order valence-corrected chi connectivity index (χ0v) is 16.6. The number of anilines is 2. The van der Waals surface area contributed by atoms with E-state index in [1.807, 2.05) is 13.0 Å². The molecule has 0 bridgehead atoms. The highest BCUT2D eigenvalue weighted by Crippen LogP contribution is 2.29. The Balaban J connectivity index is 2.11. The Bertz CT molecular complexity index is 839. The molecule has 0 aliphatic heterocycles. The molecule has 0 saturated carbocycles. The Labute approximate surface area is 164 Å². The molecule has 0 radical (unpaired) electrons. The van der Waals surface area contributed by atoms with Crippen LogP contribution >= 0.6 is 11.6 Å². The SMILES string of the molecule is COc1ccc(OC)c(NC(=O)CCN(C(C)=O)c2cccc(Cl)c2C)c1. The number of benzene rings is 2. The molecule has 2 rings (SSSR count). The normalized spacial score (nSPS) is 10.3. The van der Waals surface area contributed by atoms with Crippen LogP contribution in [0.2, 0.25) is 5.02 Å². The van der Waals surface area contributed by atoms with E-state index < -0.39 is 0 Å². The molecule has 27 heavy (non-hydrogen) atoms. The van der Waals surface area contributed by atoms with Crippen molar-refractivity contribution in [3.8, 4) is 11.5 Å². The van der Waals surface area contributed by atoms with Crippen LogP contribution in [0.25, 0.3) is 0 Å². The third kappa shape index (κ3) is 5.14. The van der Waals surface area contributed by atoms with Gasteiger partial charge in [0, 0.05) is 36.7 Å². The van der Waals surface area contributed by atoms with Gasteiger partial charge in [0.15, 0.2) is 0 Å². The number of ether oxygens (including phenoxy) is 2. The summed E-state index contributed by atoms with van der Waals surface area (Å²) in [6.07, 6.45) is 0.117. The smallest absolute Gasteiger partial charge is 0.226 e. The van der Waals surface area contributed by atoms with E-state index >= 15 is 0 Å². The lowest BCUT2D eigenvalue weighted by atomic mass is 10.1. The third-order valence-corrected chi connectivity index (χ3v) is 4.56. The lowest BCUT2D eigenvalue weighted by molar-refractivity contribution is -0.117. The number of carbonyl (C=O) groups excluding carboxylic acids is 2.